The van der Waals surface area contributed by atoms with E-state index in [0.717, 1.165) is 11.1 Å². The van der Waals surface area contributed by atoms with Gasteiger partial charge in [-0.05, 0) is 60.7 Å². The maximum Gasteiger partial charge on any atom is 0.144 e. The van der Waals surface area contributed by atoms with Gasteiger partial charge in [-0.1, -0.05) is 84.9 Å². The van der Waals surface area contributed by atoms with Crippen LogP contribution in [0.3, 0.4) is 0 Å². The Labute approximate surface area is 285 Å². The molecule has 0 N–H and O–H groups in total. The van der Waals surface area contributed by atoms with E-state index in [9.17, 15) is 0 Å². The van der Waals surface area contributed by atoms with E-state index in [1.54, 1.807) is 0 Å². The zero-order chi connectivity index (χ0) is 29.8. The fraction of sp³-hybridized carbons (Fsp3) is 0. The van der Waals surface area contributed by atoms with Crippen LogP contribution in [0.2, 0.25) is 0 Å². The first-order chi connectivity index (χ1) is 21.9. The third kappa shape index (κ3) is 8.45. The van der Waals surface area contributed by atoms with Crippen LogP contribution in [0.1, 0.15) is 0 Å². The first-order valence-electron chi connectivity index (χ1n) is 14.9. The van der Waals surface area contributed by atoms with E-state index in [1.165, 1.54) is 31.8 Å². The smallest absolute Gasteiger partial charge is 0.144 e. The van der Waals surface area contributed by atoms with Crippen molar-refractivity contribution >= 4 is 47.7 Å². The molecule has 0 aliphatic heterocycles. The quantitative estimate of drug-likeness (QED) is 0.0886. The SMILES string of the molecule is [Au].[c-]1ccccc1-c1[c-]cccc1.c1ccc([PH+](c2ccccc2)c2ccccc2[PH+](c2ccccc2)c2ccccc2)cc1. The Morgan fingerprint density at radius 3 is 0.822 bits per heavy atom. The summed E-state index contributed by atoms with van der Waals surface area (Å²) in [7, 11) is -2.28. The summed E-state index contributed by atoms with van der Waals surface area (Å²) >= 11 is 0. The molecule has 0 atom stereocenters. The van der Waals surface area contributed by atoms with E-state index in [0.29, 0.717) is 0 Å². The van der Waals surface area contributed by atoms with E-state index in [4.69, 9.17) is 0 Å². The molecule has 0 aromatic heterocycles. The van der Waals surface area contributed by atoms with Gasteiger partial charge in [0.25, 0.3) is 0 Å². The topological polar surface area (TPSA) is 0 Å². The molecule has 0 amide bonds. The number of benzene rings is 7. The average molecular weight is 798 g/mol. The summed E-state index contributed by atoms with van der Waals surface area (Å²) in [5.41, 5.74) is 2.19. The molecule has 0 saturated heterocycles. The van der Waals surface area contributed by atoms with Gasteiger partial charge in [0, 0.05) is 22.4 Å². The minimum absolute atomic E-state index is 0. The van der Waals surface area contributed by atoms with Gasteiger partial charge in [0.1, 0.15) is 47.7 Å². The van der Waals surface area contributed by atoms with Crippen molar-refractivity contribution in [2.75, 3.05) is 0 Å². The van der Waals surface area contributed by atoms with Crippen LogP contribution in [0.25, 0.3) is 11.1 Å². The van der Waals surface area contributed by atoms with E-state index < -0.39 is 15.8 Å². The van der Waals surface area contributed by atoms with E-state index in [2.05, 4.69) is 158 Å². The summed E-state index contributed by atoms with van der Waals surface area (Å²) in [6.07, 6.45) is 0. The van der Waals surface area contributed by atoms with Gasteiger partial charge in [-0.3, -0.25) is 0 Å². The van der Waals surface area contributed by atoms with Gasteiger partial charge < -0.3 is 0 Å². The molecule has 1 radical (unpaired) electrons. The Balaban J connectivity index is 0.000000258. The largest absolute Gasteiger partial charge is 0.226 e. The van der Waals surface area contributed by atoms with Crippen LogP contribution in [-0.2, 0) is 22.4 Å². The standard InChI is InChI=1S/C30H24P2.C12H8.Au/c1-5-15-25(16-6-1)31(26-17-7-2-8-18-26)29-23-13-14-24-30(29)32(27-19-9-3-10-20-27)28-21-11-4-12-22-28;1-3-7-11(8-4-1)12-9-5-2-6-10-12;/h1-24H;1-7,9H;/q;-2;/p+2. The number of hydrogen-bond acceptors (Lipinski definition) is 0. The molecule has 0 unspecified atom stereocenters. The third-order valence-electron chi connectivity index (χ3n) is 7.42. The molecular weight excluding hydrogens is 763 g/mol. The van der Waals surface area contributed by atoms with Gasteiger partial charge in [0.15, 0.2) is 0 Å². The maximum absolute atomic E-state index is 3.15. The number of rotatable bonds is 7. The summed E-state index contributed by atoms with van der Waals surface area (Å²) < 4.78 is 0. The van der Waals surface area contributed by atoms with Crippen molar-refractivity contribution < 1.29 is 22.4 Å². The van der Waals surface area contributed by atoms with Crippen molar-refractivity contribution in [3.63, 3.8) is 0 Å². The summed E-state index contributed by atoms with van der Waals surface area (Å²) in [6.45, 7) is 0. The molecule has 7 aromatic rings. The van der Waals surface area contributed by atoms with Gasteiger partial charge in [-0.2, -0.15) is 48.5 Å². The summed E-state index contributed by atoms with van der Waals surface area (Å²) in [5.74, 6) is 0. The Hall–Kier alpha value is -3.86. The molecule has 223 valence electrons. The molecule has 0 heterocycles. The molecule has 0 saturated carbocycles. The predicted octanol–water partition coefficient (Wildman–Crippen LogP) is 7.62. The van der Waals surface area contributed by atoms with Crippen molar-refractivity contribution in [3.8, 4) is 11.1 Å². The summed E-state index contributed by atoms with van der Waals surface area (Å²) in [6, 6.07) is 75.6. The van der Waals surface area contributed by atoms with Crippen LogP contribution >= 0.6 is 15.8 Å². The monoisotopic (exact) mass is 797 g/mol. The van der Waals surface area contributed by atoms with Crippen LogP contribution in [-0.4, -0.2) is 0 Å². The Morgan fingerprint density at radius 1 is 0.289 bits per heavy atom. The number of hydrogen-bond donors (Lipinski definition) is 0. The van der Waals surface area contributed by atoms with Gasteiger partial charge >= 0.3 is 0 Å². The van der Waals surface area contributed by atoms with Crippen molar-refractivity contribution in [2.24, 2.45) is 0 Å². The van der Waals surface area contributed by atoms with Crippen molar-refractivity contribution in [1.82, 2.24) is 0 Å². The normalized spacial score (nSPS) is 10.4. The summed E-state index contributed by atoms with van der Waals surface area (Å²) in [4.78, 5) is 0. The molecular formula is C42H34AuP2. The van der Waals surface area contributed by atoms with Crippen LogP contribution < -0.4 is 31.8 Å². The van der Waals surface area contributed by atoms with Crippen molar-refractivity contribution in [1.29, 1.82) is 0 Å². The molecule has 0 fully saturated rings. The van der Waals surface area contributed by atoms with E-state index in [1.807, 2.05) is 48.5 Å². The third-order valence-corrected chi connectivity index (χ3v) is 13.3. The Morgan fingerprint density at radius 2 is 0.556 bits per heavy atom. The summed E-state index contributed by atoms with van der Waals surface area (Å²) in [5, 5.41) is 8.71. The van der Waals surface area contributed by atoms with Crippen molar-refractivity contribution in [3.05, 3.63) is 206 Å². The molecule has 0 spiro atoms. The predicted molar refractivity (Wildman–Crippen MR) is 196 cm³/mol. The van der Waals surface area contributed by atoms with E-state index >= 15 is 0 Å². The molecule has 3 heteroatoms. The van der Waals surface area contributed by atoms with Gasteiger partial charge in [0.05, 0.1) is 0 Å². The van der Waals surface area contributed by atoms with Crippen LogP contribution in [0.4, 0.5) is 0 Å². The average Bonchev–Trinajstić information content (AvgIpc) is 3.12. The second kappa shape index (κ2) is 17.0. The van der Waals surface area contributed by atoms with Crippen LogP contribution in [0.5, 0.6) is 0 Å². The second-order valence-electron chi connectivity index (χ2n) is 10.3. The second-order valence-corrected chi connectivity index (χ2v) is 15.2. The van der Waals surface area contributed by atoms with Gasteiger partial charge in [0.2, 0.25) is 0 Å². The fourth-order valence-corrected chi connectivity index (χ4v) is 11.4. The fourth-order valence-electron chi connectivity index (χ4n) is 5.42. The molecule has 0 bridgehead atoms. The van der Waals surface area contributed by atoms with E-state index in [-0.39, 0.29) is 22.4 Å². The minimum atomic E-state index is -1.14. The van der Waals surface area contributed by atoms with Crippen LogP contribution in [0.15, 0.2) is 194 Å². The maximum atomic E-state index is 3.15. The molecule has 0 nitrogen and oxygen atoms in total. The zero-order valence-corrected chi connectivity index (χ0v) is 28.9. The molecule has 0 aliphatic rings. The Bertz CT molecular complexity index is 1610. The first kappa shape index (κ1) is 32.5. The molecule has 7 rings (SSSR count). The molecule has 0 aliphatic carbocycles. The molecule has 7 aromatic carbocycles. The van der Waals surface area contributed by atoms with Crippen molar-refractivity contribution in [2.45, 2.75) is 0 Å². The van der Waals surface area contributed by atoms with Gasteiger partial charge in [-0.25, -0.2) is 11.1 Å². The van der Waals surface area contributed by atoms with Crippen LogP contribution in [0, 0.1) is 12.1 Å². The van der Waals surface area contributed by atoms with Gasteiger partial charge in [-0.15, -0.1) is 12.1 Å². The first-order valence-corrected chi connectivity index (χ1v) is 17.9. The molecule has 45 heavy (non-hydrogen) atoms. The Kier molecular flexibility index (Phi) is 12.3. The minimum Gasteiger partial charge on any atom is -0.226 e. The zero-order valence-electron chi connectivity index (χ0n) is 24.8.